The second-order valence-electron chi connectivity index (χ2n) is 12.2. The van der Waals surface area contributed by atoms with Crippen molar-refractivity contribution in [1.29, 1.82) is 0 Å². The molecular formula is C29H43NO3S. The minimum Gasteiger partial charge on any atom is -0.390 e. The maximum atomic E-state index is 13.4. The van der Waals surface area contributed by atoms with Crippen LogP contribution in [-0.2, 0) is 9.53 Å². The third-order valence-electron chi connectivity index (χ3n) is 10.6. The van der Waals surface area contributed by atoms with Gasteiger partial charge in [-0.05, 0) is 104 Å². The van der Waals surface area contributed by atoms with Crippen molar-refractivity contribution >= 4 is 17.5 Å². The lowest BCUT2D eigenvalue weighted by atomic mass is 9.44. The van der Waals surface area contributed by atoms with E-state index in [1.54, 1.807) is 24.2 Å². The predicted molar refractivity (Wildman–Crippen MR) is 137 cm³/mol. The molecule has 1 N–H and O–H groups in total. The largest absolute Gasteiger partial charge is 0.390 e. The van der Waals surface area contributed by atoms with Gasteiger partial charge in [-0.15, -0.1) is 11.8 Å². The van der Waals surface area contributed by atoms with Crippen LogP contribution in [0.25, 0.3) is 0 Å². The summed E-state index contributed by atoms with van der Waals surface area (Å²) in [6.45, 7) is 7.87. The number of ether oxygens (including phenoxy) is 1. The molecule has 4 saturated carbocycles. The second kappa shape index (κ2) is 9.86. The molecule has 4 aliphatic carbocycles. The number of aromatic nitrogens is 1. The first-order chi connectivity index (χ1) is 16.4. The van der Waals surface area contributed by atoms with E-state index in [2.05, 4.69) is 25.8 Å². The second-order valence-corrected chi connectivity index (χ2v) is 13.2. The average molecular weight is 486 g/mol. The number of rotatable bonds is 7. The number of carbonyl (C=O) groups excluding carboxylic acids is 1. The Morgan fingerprint density at radius 1 is 1.12 bits per heavy atom. The molecular weight excluding hydrogens is 442 g/mol. The van der Waals surface area contributed by atoms with Crippen LogP contribution in [-0.4, -0.2) is 40.4 Å². The van der Waals surface area contributed by atoms with Gasteiger partial charge in [-0.25, -0.2) is 0 Å². The summed E-state index contributed by atoms with van der Waals surface area (Å²) >= 11 is 1.67. The van der Waals surface area contributed by atoms with Gasteiger partial charge in [0.1, 0.15) is 5.78 Å². The van der Waals surface area contributed by atoms with Gasteiger partial charge >= 0.3 is 0 Å². The molecule has 4 aliphatic rings. The van der Waals surface area contributed by atoms with E-state index >= 15 is 0 Å². The van der Waals surface area contributed by atoms with Gasteiger partial charge in [0.25, 0.3) is 0 Å². The van der Waals surface area contributed by atoms with Crippen molar-refractivity contribution < 1.29 is 14.6 Å². The van der Waals surface area contributed by atoms with Crippen molar-refractivity contribution in [1.82, 2.24) is 4.98 Å². The number of hydrogen-bond donors (Lipinski definition) is 1. The highest BCUT2D eigenvalue weighted by atomic mass is 32.2. The quantitative estimate of drug-likeness (QED) is 0.468. The summed E-state index contributed by atoms with van der Waals surface area (Å²) in [5.41, 5.74) is 0.424. The monoisotopic (exact) mass is 485 g/mol. The van der Waals surface area contributed by atoms with Crippen molar-refractivity contribution in [2.75, 3.05) is 12.4 Å². The summed E-state index contributed by atoms with van der Waals surface area (Å²) in [4.78, 5) is 18.7. The van der Waals surface area contributed by atoms with Crippen LogP contribution in [0, 0.1) is 40.4 Å². The Bertz CT molecular complexity index is 864. The molecule has 0 aromatic carbocycles. The number of pyridine rings is 1. The van der Waals surface area contributed by atoms with Gasteiger partial charge in [0.05, 0.1) is 18.0 Å². The minimum absolute atomic E-state index is 0.00336. The Morgan fingerprint density at radius 2 is 1.88 bits per heavy atom. The fraction of sp³-hybridized carbons (Fsp3) is 0.793. The predicted octanol–water partition coefficient (Wildman–Crippen LogP) is 6.17. The minimum atomic E-state index is -0.304. The number of aliphatic hydroxyl groups excluding tert-OH is 1. The van der Waals surface area contributed by atoms with Gasteiger partial charge in [0, 0.05) is 29.8 Å². The first-order valence-corrected chi connectivity index (χ1v) is 14.7. The van der Waals surface area contributed by atoms with E-state index < -0.39 is 0 Å². The number of fused-ring (bicyclic) bond motifs is 5. The van der Waals surface area contributed by atoms with Gasteiger partial charge in [0.15, 0.2) is 0 Å². The summed E-state index contributed by atoms with van der Waals surface area (Å²) in [6.07, 6.45) is 13.4. The zero-order valence-corrected chi connectivity index (χ0v) is 22.1. The Hall–Kier alpha value is -0.910. The highest BCUT2D eigenvalue weighted by Crippen LogP contribution is 2.67. The summed E-state index contributed by atoms with van der Waals surface area (Å²) in [5, 5.41) is 10.8. The molecule has 4 fully saturated rings. The first kappa shape index (κ1) is 24.8. The molecule has 34 heavy (non-hydrogen) atoms. The first-order valence-electron chi connectivity index (χ1n) is 13.7. The molecule has 0 aliphatic heterocycles. The topological polar surface area (TPSA) is 59.4 Å². The zero-order valence-electron chi connectivity index (χ0n) is 21.2. The SMILES string of the molecule is CCCOC1C[C@@]2(C)C(CC[C@H]3[C@@H]4CC[C@H](C(=O)CSc5ccncc5)[C@@]4(C)CC[C@@H]32)CC1O. The third-order valence-corrected chi connectivity index (χ3v) is 11.7. The molecule has 9 atom stereocenters. The van der Waals surface area contributed by atoms with E-state index in [1.165, 1.54) is 32.1 Å². The molecule has 1 aromatic heterocycles. The molecule has 3 unspecified atom stereocenters. The van der Waals surface area contributed by atoms with Gasteiger partial charge in [-0.2, -0.15) is 0 Å². The van der Waals surface area contributed by atoms with Crippen molar-refractivity contribution in [2.45, 2.75) is 95.7 Å². The zero-order chi connectivity index (χ0) is 23.9. The molecule has 1 heterocycles. The average Bonchev–Trinajstić information content (AvgIpc) is 3.19. The van der Waals surface area contributed by atoms with Crippen LogP contribution in [0.1, 0.15) is 78.6 Å². The molecule has 4 nitrogen and oxygen atoms in total. The van der Waals surface area contributed by atoms with E-state index in [-0.39, 0.29) is 29.0 Å². The van der Waals surface area contributed by atoms with Crippen LogP contribution in [0.3, 0.4) is 0 Å². The van der Waals surface area contributed by atoms with E-state index in [0.717, 1.165) is 43.1 Å². The number of ketones is 1. The molecule has 188 valence electrons. The molecule has 0 saturated heterocycles. The van der Waals surface area contributed by atoms with Crippen molar-refractivity contribution in [3.05, 3.63) is 24.5 Å². The van der Waals surface area contributed by atoms with Crippen LogP contribution < -0.4 is 0 Å². The summed E-state index contributed by atoms with van der Waals surface area (Å²) in [7, 11) is 0. The lowest BCUT2D eigenvalue weighted by Gasteiger charge is -2.61. The highest BCUT2D eigenvalue weighted by molar-refractivity contribution is 8.00. The summed E-state index contributed by atoms with van der Waals surface area (Å²) < 4.78 is 6.16. The van der Waals surface area contributed by atoms with E-state index in [0.29, 0.717) is 29.3 Å². The van der Waals surface area contributed by atoms with E-state index in [9.17, 15) is 9.90 Å². The van der Waals surface area contributed by atoms with Gasteiger partial charge in [-0.1, -0.05) is 20.8 Å². The lowest BCUT2D eigenvalue weighted by Crippen LogP contribution is -2.57. The van der Waals surface area contributed by atoms with Crippen LogP contribution in [0.15, 0.2) is 29.4 Å². The fourth-order valence-corrected chi connectivity index (χ4v) is 9.73. The van der Waals surface area contributed by atoms with Crippen LogP contribution in [0.2, 0.25) is 0 Å². The van der Waals surface area contributed by atoms with Crippen LogP contribution in [0.5, 0.6) is 0 Å². The summed E-state index contributed by atoms with van der Waals surface area (Å²) in [5.74, 6) is 3.98. The number of aliphatic hydroxyl groups is 1. The molecule has 0 amide bonds. The van der Waals surface area contributed by atoms with Crippen molar-refractivity contribution in [3.63, 3.8) is 0 Å². The van der Waals surface area contributed by atoms with Crippen molar-refractivity contribution in [3.8, 4) is 0 Å². The number of Topliss-reactive ketones (excluding diaryl/α,β-unsaturated/α-hetero) is 1. The maximum Gasteiger partial charge on any atom is 0.146 e. The molecule has 0 bridgehead atoms. The third kappa shape index (κ3) is 4.28. The number of thioether (sulfide) groups is 1. The van der Waals surface area contributed by atoms with Crippen LogP contribution >= 0.6 is 11.8 Å². The Kier molecular flexibility index (Phi) is 7.18. The lowest BCUT2D eigenvalue weighted by molar-refractivity contribution is -0.172. The number of nitrogens with zero attached hydrogens (tertiary/aromatic N) is 1. The number of carbonyl (C=O) groups is 1. The molecule has 0 radical (unpaired) electrons. The maximum absolute atomic E-state index is 13.4. The smallest absolute Gasteiger partial charge is 0.146 e. The van der Waals surface area contributed by atoms with Gasteiger partial charge in [0.2, 0.25) is 0 Å². The fourth-order valence-electron chi connectivity index (χ4n) is 8.91. The summed E-state index contributed by atoms with van der Waals surface area (Å²) in [6, 6.07) is 4.00. The molecule has 5 rings (SSSR count). The van der Waals surface area contributed by atoms with Crippen molar-refractivity contribution in [2.24, 2.45) is 40.4 Å². The molecule has 5 heteroatoms. The van der Waals surface area contributed by atoms with E-state index in [4.69, 9.17) is 4.74 Å². The van der Waals surface area contributed by atoms with E-state index in [1.807, 2.05) is 12.1 Å². The Balaban J connectivity index is 1.29. The molecule has 1 aromatic rings. The van der Waals surface area contributed by atoms with Crippen LogP contribution in [0.4, 0.5) is 0 Å². The van der Waals surface area contributed by atoms with Gasteiger partial charge < -0.3 is 9.84 Å². The Morgan fingerprint density at radius 3 is 2.65 bits per heavy atom. The normalized spacial score (nSPS) is 43.6. The Labute approximate surface area is 210 Å². The highest BCUT2D eigenvalue weighted by Gasteiger charge is 2.62. The molecule has 0 spiro atoms. The standard InChI is InChI=1S/C29H43NO3S/c1-4-15-33-27-17-29(3)19(16-25(27)31)5-6-21-22-7-8-24(28(22,2)12-9-23(21)29)26(32)18-34-20-10-13-30-14-11-20/h10-11,13-14,19,21-25,27,31H,4-9,12,15-18H2,1-3H3/t19?,21-,22-,23-,24+,25?,27?,28-,29-/m0/s1. The van der Waals surface area contributed by atoms with Gasteiger partial charge in [-0.3, -0.25) is 9.78 Å². The number of hydrogen-bond acceptors (Lipinski definition) is 5.